The topological polar surface area (TPSA) is 49.5 Å². The van der Waals surface area contributed by atoms with Crippen LogP contribution in [0.25, 0.3) is 0 Å². The van der Waals surface area contributed by atoms with Gasteiger partial charge in [-0.15, -0.1) is 11.3 Å². The number of aliphatic hydroxyl groups excluding tert-OH is 1. The molecule has 0 aromatic carbocycles. The lowest BCUT2D eigenvalue weighted by Crippen LogP contribution is -2.51. The standard InChI is InChI=1S/C15H23BrN2OS/c1-2-12(17)15(13-5-6-14(16)20-13)18-9-3-4-10(18)8-11(19)7-9/h5-6,9-12,15,19H,2-4,7-8,17H2,1H3. The molecule has 2 aliphatic rings. The van der Waals surface area contributed by atoms with Crippen LogP contribution >= 0.6 is 27.3 Å². The molecule has 4 atom stereocenters. The number of aliphatic hydroxyl groups is 1. The van der Waals surface area contributed by atoms with Crippen molar-refractivity contribution in [2.24, 2.45) is 5.73 Å². The maximum absolute atomic E-state index is 10.00. The van der Waals surface area contributed by atoms with Crippen LogP contribution in [0.4, 0.5) is 0 Å². The van der Waals surface area contributed by atoms with Crippen molar-refractivity contribution < 1.29 is 5.11 Å². The second-order valence-corrected chi connectivity index (χ2v) is 8.61. The van der Waals surface area contributed by atoms with Crippen LogP contribution in [0.1, 0.15) is 49.9 Å². The van der Waals surface area contributed by atoms with Gasteiger partial charge in [0.1, 0.15) is 0 Å². The van der Waals surface area contributed by atoms with Crippen LogP contribution in [-0.2, 0) is 0 Å². The molecule has 3 N–H and O–H groups in total. The summed E-state index contributed by atoms with van der Waals surface area (Å²) in [6, 6.07) is 5.81. The number of nitrogens with zero attached hydrogens (tertiary/aromatic N) is 1. The van der Waals surface area contributed by atoms with Crippen LogP contribution in [0.2, 0.25) is 0 Å². The average molecular weight is 359 g/mol. The minimum atomic E-state index is -0.114. The van der Waals surface area contributed by atoms with Gasteiger partial charge < -0.3 is 10.8 Å². The number of halogens is 1. The third-order valence-corrected chi connectivity index (χ3v) is 6.54. The molecule has 20 heavy (non-hydrogen) atoms. The Morgan fingerprint density at radius 2 is 2.05 bits per heavy atom. The molecule has 112 valence electrons. The van der Waals surface area contributed by atoms with E-state index in [0.717, 1.165) is 19.3 Å². The van der Waals surface area contributed by atoms with Crippen molar-refractivity contribution in [1.29, 1.82) is 0 Å². The highest BCUT2D eigenvalue weighted by Gasteiger charge is 2.45. The Morgan fingerprint density at radius 1 is 1.40 bits per heavy atom. The van der Waals surface area contributed by atoms with Gasteiger partial charge in [-0.2, -0.15) is 0 Å². The van der Waals surface area contributed by atoms with Gasteiger partial charge >= 0.3 is 0 Å². The smallest absolute Gasteiger partial charge is 0.0702 e. The molecule has 4 unspecified atom stereocenters. The summed E-state index contributed by atoms with van der Waals surface area (Å²) in [6.07, 6.45) is 5.12. The Balaban J connectivity index is 1.90. The van der Waals surface area contributed by atoms with E-state index in [9.17, 15) is 5.11 Å². The fourth-order valence-electron chi connectivity index (χ4n) is 3.93. The van der Waals surface area contributed by atoms with Crippen LogP contribution in [0.3, 0.4) is 0 Å². The third kappa shape index (κ3) is 2.71. The Morgan fingerprint density at radius 3 is 2.55 bits per heavy atom. The molecule has 0 amide bonds. The molecule has 3 rings (SSSR count). The van der Waals surface area contributed by atoms with Gasteiger partial charge in [-0.05, 0) is 60.2 Å². The van der Waals surface area contributed by atoms with E-state index >= 15 is 0 Å². The van der Waals surface area contributed by atoms with Crippen LogP contribution in [0, 0.1) is 0 Å². The summed E-state index contributed by atoms with van der Waals surface area (Å²) in [4.78, 5) is 3.98. The van der Waals surface area contributed by atoms with Gasteiger partial charge in [0.05, 0.1) is 15.9 Å². The maximum Gasteiger partial charge on any atom is 0.0702 e. The second kappa shape index (κ2) is 6.05. The summed E-state index contributed by atoms with van der Waals surface area (Å²) >= 11 is 5.37. The molecule has 0 aliphatic carbocycles. The first-order chi connectivity index (χ1) is 9.60. The largest absolute Gasteiger partial charge is 0.393 e. The summed E-state index contributed by atoms with van der Waals surface area (Å²) in [5.41, 5.74) is 6.46. The molecule has 2 saturated heterocycles. The second-order valence-electron chi connectivity index (χ2n) is 6.12. The number of hydrogen-bond acceptors (Lipinski definition) is 4. The van der Waals surface area contributed by atoms with E-state index in [4.69, 9.17) is 5.73 Å². The molecule has 3 nitrogen and oxygen atoms in total. The van der Waals surface area contributed by atoms with Gasteiger partial charge in [-0.1, -0.05) is 6.92 Å². The quantitative estimate of drug-likeness (QED) is 0.868. The molecule has 1 aromatic heterocycles. The molecule has 0 saturated carbocycles. The zero-order valence-electron chi connectivity index (χ0n) is 11.8. The summed E-state index contributed by atoms with van der Waals surface area (Å²) in [7, 11) is 0. The summed E-state index contributed by atoms with van der Waals surface area (Å²) in [5, 5.41) is 10.00. The number of piperidine rings is 1. The van der Waals surface area contributed by atoms with Crippen molar-refractivity contribution in [3.05, 3.63) is 20.8 Å². The molecule has 2 bridgehead atoms. The first-order valence-corrected chi connectivity index (χ1v) is 9.17. The Labute approximate surface area is 133 Å². The maximum atomic E-state index is 10.00. The van der Waals surface area contributed by atoms with Crippen molar-refractivity contribution in [3.8, 4) is 0 Å². The van der Waals surface area contributed by atoms with E-state index in [0.29, 0.717) is 18.1 Å². The monoisotopic (exact) mass is 358 g/mol. The number of nitrogens with two attached hydrogens (primary N) is 1. The van der Waals surface area contributed by atoms with E-state index in [1.165, 1.54) is 21.5 Å². The lowest BCUT2D eigenvalue weighted by molar-refractivity contribution is 0.00328. The zero-order valence-corrected chi connectivity index (χ0v) is 14.2. The van der Waals surface area contributed by atoms with E-state index in [1.54, 1.807) is 11.3 Å². The molecular weight excluding hydrogens is 336 g/mol. The molecule has 1 aromatic rings. The van der Waals surface area contributed by atoms with Gasteiger partial charge in [0.25, 0.3) is 0 Å². The van der Waals surface area contributed by atoms with Crippen LogP contribution < -0.4 is 5.73 Å². The van der Waals surface area contributed by atoms with Gasteiger partial charge in [0.15, 0.2) is 0 Å². The number of thiophene rings is 1. The fraction of sp³-hybridized carbons (Fsp3) is 0.733. The van der Waals surface area contributed by atoms with Gasteiger partial charge in [0, 0.05) is 23.0 Å². The number of hydrogen-bond donors (Lipinski definition) is 2. The van der Waals surface area contributed by atoms with Crippen molar-refractivity contribution in [2.75, 3.05) is 0 Å². The van der Waals surface area contributed by atoms with Gasteiger partial charge in [-0.25, -0.2) is 0 Å². The molecule has 5 heteroatoms. The van der Waals surface area contributed by atoms with E-state index < -0.39 is 0 Å². The summed E-state index contributed by atoms with van der Waals surface area (Å²) < 4.78 is 1.17. The first-order valence-electron chi connectivity index (χ1n) is 7.56. The minimum absolute atomic E-state index is 0.114. The molecular formula is C15H23BrN2OS. The summed E-state index contributed by atoms with van der Waals surface area (Å²) in [6.45, 7) is 2.17. The highest BCUT2D eigenvalue weighted by atomic mass is 79.9. The zero-order chi connectivity index (χ0) is 14.3. The van der Waals surface area contributed by atoms with Crippen molar-refractivity contribution in [1.82, 2.24) is 4.90 Å². The van der Waals surface area contributed by atoms with E-state index in [2.05, 4.69) is 39.9 Å². The fourth-order valence-corrected chi connectivity index (χ4v) is 5.54. The molecule has 2 fully saturated rings. The third-order valence-electron chi connectivity index (χ3n) is 4.85. The Bertz CT molecular complexity index is 452. The minimum Gasteiger partial charge on any atom is -0.393 e. The van der Waals surface area contributed by atoms with Crippen molar-refractivity contribution in [2.45, 2.75) is 69.3 Å². The molecule has 0 spiro atoms. The van der Waals surface area contributed by atoms with E-state index in [-0.39, 0.29) is 12.1 Å². The van der Waals surface area contributed by atoms with Crippen LogP contribution in [0.5, 0.6) is 0 Å². The highest BCUT2D eigenvalue weighted by Crippen LogP contribution is 2.44. The Hall–Kier alpha value is 0.0600. The molecule has 3 heterocycles. The van der Waals surface area contributed by atoms with Gasteiger partial charge in [-0.3, -0.25) is 4.90 Å². The van der Waals surface area contributed by atoms with Crippen molar-refractivity contribution in [3.63, 3.8) is 0 Å². The summed E-state index contributed by atoms with van der Waals surface area (Å²) in [5.74, 6) is 0. The van der Waals surface area contributed by atoms with E-state index in [1.807, 2.05) is 0 Å². The lowest BCUT2D eigenvalue weighted by atomic mass is 9.93. The predicted molar refractivity (Wildman–Crippen MR) is 86.9 cm³/mol. The average Bonchev–Trinajstić information content (AvgIpc) is 2.93. The van der Waals surface area contributed by atoms with Gasteiger partial charge in [0.2, 0.25) is 0 Å². The predicted octanol–water partition coefficient (Wildman–Crippen LogP) is 3.28. The molecule has 2 aliphatic heterocycles. The lowest BCUT2D eigenvalue weighted by Gasteiger charge is -2.44. The molecule has 0 radical (unpaired) electrons. The van der Waals surface area contributed by atoms with Crippen LogP contribution in [0.15, 0.2) is 15.9 Å². The Kier molecular flexibility index (Phi) is 4.53. The number of rotatable bonds is 4. The highest BCUT2D eigenvalue weighted by molar-refractivity contribution is 9.11. The first kappa shape index (κ1) is 15.0. The van der Waals surface area contributed by atoms with Crippen LogP contribution in [-0.4, -0.2) is 34.2 Å². The normalized spacial score (nSPS) is 33.3. The van der Waals surface area contributed by atoms with Crippen molar-refractivity contribution >= 4 is 27.3 Å². The number of fused-ring (bicyclic) bond motifs is 2. The SMILES string of the molecule is CCC(N)C(c1ccc(Br)s1)N1C2CCC1CC(O)C2.